The highest BCUT2D eigenvalue weighted by Gasteiger charge is 2.26. The number of hydrogen-bond acceptors (Lipinski definition) is 7. The number of hydrogen-bond donors (Lipinski definition) is 1. The number of pyridine rings is 1. The second kappa shape index (κ2) is 9.63. The van der Waals surface area contributed by atoms with Crippen molar-refractivity contribution in [2.24, 2.45) is 0 Å². The van der Waals surface area contributed by atoms with Gasteiger partial charge in [0.1, 0.15) is 16.1 Å². The first-order chi connectivity index (χ1) is 14.4. The number of nitrogens with one attached hydrogen (secondary N) is 1. The molecule has 1 aliphatic rings. The molecule has 30 heavy (non-hydrogen) atoms. The summed E-state index contributed by atoms with van der Waals surface area (Å²) >= 11 is 2.89. The molecular formula is C22H25N3O3S2. The fourth-order valence-corrected chi connectivity index (χ4v) is 5.87. The zero-order valence-corrected chi connectivity index (χ0v) is 19.3. The average molecular weight is 444 g/mol. The van der Waals surface area contributed by atoms with Crippen molar-refractivity contribution >= 4 is 40.0 Å². The molecule has 2 aromatic rings. The van der Waals surface area contributed by atoms with Crippen molar-refractivity contribution in [2.75, 3.05) is 18.2 Å². The van der Waals surface area contributed by atoms with E-state index in [1.54, 1.807) is 0 Å². The predicted molar refractivity (Wildman–Crippen MR) is 119 cm³/mol. The summed E-state index contributed by atoms with van der Waals surface area (Å²) in [7, 11) is 1.36. The summed E-state index contributed by atoms with van der Waals surface area (Å²) < 4.78 is 4.95. The molecule has 0 bridgehead atoms. The fourth-order valence-electron chi connectivity index (χ4n) is 3.55. The first-order valence-electron chi connectivity index (χ1n) is 9.90. The van der Waals surface area contributed by atoms with Gasteiger partial charge in [0.05, 0.1) is 18.2 Å². The van der Waals surface area contributed by atoms with Crippen molar-refractivity contribution in [1.29, 1.82) is 5.26 Å². The highest BCUT2D eigenvalue weighted by molar-refractivity contribution is 7.99. The minimum Gasteiger partial charge on any atom is -0.465 e. The molecule has 1 N–H and O–H groups in total. The standard InChI is InChI=1S/C22H25N3O3S2/c1-12-13(2)16(11-23)20(24-14(12)3)29-10-9-18(26)25-21-19(22(27)28-4)15-7-5-6-8-17(15)30-21/h5-10H2,1-4H3,(H,25,26). The Morgan fingerprint density at radius 3 is 2.67 bits per heavy atom. The molecule has 0 unspecified atom stereocenters. The molecule has 6 nitrogen and oxygen atoms in total. The quantitative estimate of drug-likeness (QED) is 0.513. The second-order valence-corrected chi connectivity index (χ2v) is 9.48. The first-order valence-corrected chi connectivity index (χ1v) is 11.7. The Labute approximate surface area is 185 Å². The summed E-state index contributed by atoms with van der Waals surface area (Å²) in [6.07, 6.45) is 4.18. The Morgan fingerprint density at radius 1 is 1.23 bits per heavy atom. The van der Waals surface area contributed by atoms with E-state index >= 15 is 0 Å². The fraction of sp³-hybridized carbons (Fsp3) is 0.455. The van der Waals surface area contributed by atoms with E-state index in [9.17, 15) is 14.9 Å². The lowest BCUT2D eigenvalue weighted by Gasteiger charge is -2.12. The SMILES string of the molecule is COC(=O)c1c(NC(=O)CCSc2nc(C)c(C)c(C)c2C#N)sc2c1CCCC2. The van der Waals surface area contributed by atoms with Gasteiger partial charge in [0.25, 0.3) is 0 Å². The number of thiophene rings is 1. The van der Waals surface area contributed by atoms with Gasteiger partial charge in [-0.05, 0) is 63.1 Å². The van der Waals surface area contributed by atoms with E-state index in [4.69, 9.17) is 4.74 Å². The monoisotopic (exact) mass is 443 g/mol. The van der Waals surface area contributed by atoms with Gasteiger partial charge in [-0.1, -0.05) is 0 Å². The van der Waals surface area contributed by atoms with Gasteiger partial charge in [0.2, 0.25) is 5.91 Å². The van der Waals surface area contributed by atoms with Crippen LogP contribution in [0.2, 0.25) is 0 Å². The molecule has 158 valence electrons. The molecule has 0 aliphatic heterocycles. The summed E-state index contributed by atoms with van der Waals surface area (Å²) in [5.74, 6) is -0.0634. The van der Waals surface area contributed by atoms with Crippen molar-refractivity contribution in [3.63, 3.8) is 0 Å². The van der Waals surface area contributed by atoms with Gasteiger partial charge in [-0.3, -0.25) is 4.79 Å². The highest BCUT2D eigenvalue weighted by Crippen LogP contribution is 2.38. The molecule has 0 spiro atoms. The molecule has 0 radical (unpaired) electrons. The topological polar surface area (TPSA) is 92.1 Å². The number of thioether (sulfide) groups is 1. The maximum Gasteiger partial charge on any atom is 0.341 e. The summed E-state index contributed by atoms with van der Waals surface area (Å²) in [4.78, 5) is 30.6. The van der Waals surface area contributed by atoms with Gasteiger partial charge in [-0.2, -0.15) is 5.26 Å². The molecule has 0 saturated carbocycles. The Bertz CT molecular complexity index is 1040. The summed E-state index contributed by atoms with van der Waals surface area (Å²) in [6.45, 7) is 5.80. The minimum atomic E-state index is -0.396. The average Bonchev–Trinajstić information content (AvgIpc) is 3.09. The van der Waals surface area contributed by atoms with E-state index in [0.717, 1.165) is 48.1 Å². The van der Waals surface area contributed by atoms with E-state index < -0.39 is 5.97 Å². The van der Waals surface area contributed by atoms with Gasteiger partial charge < -0.3 is 10.1 Å². The van der Waals surface area contributed by atoms with Crippen LogP contribution in [0.25, 0.3) is 0 Å². The van der Waals surface area contributed by atoms with Crippen LogP contribution in [0.4, 0.5) is 5.00 Å². The maximum atomic E-state index is 12.6. The van der Waals surface area contributed by atoms with Crippen LogP contribution in [0.5, 0.6) is 0 Å². The molecule has 0 saturated heterocycles. The lowest BCUT2D eigenvalue weighted by Crippen LogP contribution is -2.15. The zero-order chi connectivity index (χ0) is 21.8. The van der Waals surface area contributed by atoms with Gasteiger partial charge >= 0.3 is 5.97 Å². The van der Waals surface area contributed by atoms with Gasteiger partial charge in [-0.15, -0.1) is 23.1 Å². The Hall–Kier alpha value is -2.37. The molecule has 0 fully saturated rings. The Balaban J connectivity index is 1.69. The van der Waals surface area contributed by atoms with Crippen molar-refractivity contribution in [3.8, 4) is 6.07 Å². The van der Waals surface area contributed by atoms with Crippen LogP contribution >= 0.6 is 23.1 Å². The zero-order valence-electron chi connectivity index (χ0n) is 17.7. The van der Waals surface area contributed by atoms with Gasteiger partial charge in [0.15, 0.2) is 0 Å². The number of nitrogens with zero attached hydrogens (tertiary/aromatic N) is 2. The lowest BCUT2D eigenvalue weighted by atomic mass is 9.95. The Morgan fingerprint density at radius 2 is 1.97 bits per heavy atom. The third-order valence-electron chi connectivity index (χ3n) is 5.46. The van der Waals surface area contributed by atoms with Crippen LogP contribution in [0.15, 0.2) is 5.03 Å². The third kappa shape index (κ3) is 4.52. The van der Waals surface area contributed by atoms with Crippen LogP contribution in [-0.4, -0.2) is 29.7 Å². The largest absolute Gasteiger partial charge is 0.465 e. The summed E-state index contributed by atoms with van der Waals surface area (Å²) in [6, 6.07) is 2.23. The number of esters is 1. The number of aryl methyl sites for hydroxylation is 2. The van der Waals surface area contributed by atoms with E-state index in [-0.39, 0.29) is 12.3 Å². The van der Waals surface area contributed by atoms with E-state index in [1.807, 2.05) is 20.8 Å². The molecule has 1 aliphatic carbocycles. The number of amides is 1. The number of rotatable bonds is 6. The molecule has 1 amide bonds. The van der Waals surface area contributed by atoms with Crippen LogP contribution in [0.1, 0.15) is 62.4 Å². The molecule has 3 rings (SSSR count). The van der Waals surface area contributed by atoms with Crippen LogP contribution in [-0.2, 0) is 22.4 Å². The molecular weight excluding hydrogens is 418 g/mol. The number of carbonyl (C=O) groups is 2. The molecule has 8 heteroatoms. The van der Waals surface area contributed by atoms with Crippen molar-refractivity contribution in [2.45, 2.75) is 57.9 Å². The van der Waals surface area contributed by atoms with Crippen molar-refractivity contribution in [1.82, 2.24) is 4.98 Å². The highest BCUT2D eigenvalue weighted by atomic mass is 32.2. The third-order valence-corrected chi connectivity index (χ3v) is 7.64. The molecule has 2 aromatic heterocycles. The normalized spacial score (nSPS) is 12.8. The molecule has 0 atom stereocenters. The predicted octanol–water partition coefficient (Wildman–Crippen LogP) is 4.73. The van der Waals surface area contributed by atoms with Gasteiger partial charge in [-0.25, -0.2) is 9.78 Å². The van der Waals surface area contributed by atoms with Crippen LogP contribution in [0, 0.1) is 32.1 Å². The number of fused-ring (bicyclic) bond motifs is 1. The number of carbonyl (C=O) groups excluding carboxylic acids is 2. The molecule has 0 aromatic carbocycles. The second-order valence-electron chi connectivity index (χ2n) is 7.29. The van der Waals surface area contributed by atoms with E-state index in [2.05, 4.69) is 16.4 Å². The summed E-state index contributed by atoms with van der Waals surface area (Å²) in [5, 5.41) is 13.6. The maximum absolute atomic E-state index is 12.6. The lowest BCUT2D eigenvalue weighted by molar-refractivity contribution is -0.115. The number of methoxy groups -OCH3 is 1. The first kappa shape index (κ1) is 22.3. The minimum absolute atomic E-state index is 0.162. The molecule has 2 heterocycles. The summed E-state index contributed by atoms with van der Waals surface area (Å²) in [5.41, 5.74) is 4.95. The number of anilines is 1. The van der Waals surface area contributed by atoms with Crippen molar-refractivity contribution < 1.29 is 14.3 Å². The number of nitriles is 1. The Kier molecular flexibility index (Phi) is 7.16. The number of ether oxygens (including phenoxy) is 1. The van der Waals surface area contributed by atoms with Crippen LogP contribution < -0.4 is 5.32 Å². The van der Waals surface area contributed by atoms with Crippen molar-refractivity contribution in [3.05, 3.63) is 38.4 Å². The smallest absolute Gasteiger partial charge is 0.341 e. The number of aromatic nitrogens is 1. The van der Waals surface area contributed by atoms with Gasteiger partial charge in [0, 0.05) is 22.7 Å². The van der Waals surface area contributed by atoms with E-state index in [1.165, 1.54) is 35.1 Å². The van der Waals surface area contributed by atoms with E-state index in [0.29, 0.717) is 26.9 Å². The van der Waals surface area contributed by atoms with Crippen LogP contribution in [0.3, 0.4) is 0 Å².